The van der Waals surface area contributed by atoms with Crippen LogP contribution in [0, 0.1) is 0 Å². The van der Waals surface area contributed by atoms with Gasteiger partial charge in [-0.25, -0.2) is 4.79 Å². The molecule has 0 saturated carbocycles. The highest BCUT2D eigenvalue weighted by Crippen LogP contribution is 2.13. The molecule has 1 heterocycles. The summed E-state index contributed by atoms with van der Waals surface area (Å²) in [5, 5.41) is 8.51. The van der Waals surface area contributed by atoms with Gasteiger partial charge >= 0.3 is 6.09 Å². The van der Waals surface area contributed by atoms with Gasteiger partial charge in [0, 0.05) is 12.5 Å². The van der Waals surface area contributed by atoms with E-state index in [1.165, 1.54) is 4.90 Å². The van der Waals surface area contributed by atoms with Gasteiger partial charge in [0.1, 0.15) is 7.85 Å². The lowest BCUT2D eigenvalue weighted by Crippen LogP contribution is -2.34. The first-order chi connectivity index (χ1) is 4.22. The Morgan fingerprint density at radius 2 is 2.44 bits per heavy atom. The molecule has 1 saturated heterocycles. The fourth-order valence-electron chi connectivity index (χ4n) is 1.22. The normalized spacial score (nSPS) is 26.7. The summed E-state index contributed by atoms with van der Waals surface area (Å²) in [7, 11) is 1.95. The number of hydrogen-bond donors (Lipinski definition) is 1. The summed E-state index contributed by atoms with van der Waals surface area (Å²) in [6.45, 7) is 0.719. The molecule has 1 amide bonds. The van der Waals surface area contributed by atoms with E-state index in [2.05, 4.69) is 0 Å². The van der Waals surface area contributed by atoms with Crippen molar-refractivity contribution in [2.24, 2.45) is 0 Å². The van der Waals surface area contributed by atoms with Crippen LogP contribution in [0.2, 0.25) is 0 Å². The minimum Gasteiger partial charge on any atom is -0.465 e. The molecule has 0 aliphatic carbocycles. The van der Waals surface area contributed by atoms with Gasteiger partial charge in [0.05, 0.1) is 0 Å². The van der Waals surface area contributed by atoms with Crippen LogP contribution in [0.15, 0.2) is 0 Å². The van der Waals surface area contributed by atoms with Crippen molar-refractivity contribution >= 4 is 13.9 Å². The molecule has 1 unspecified atom stereocenters. The predicted octanol–water partition coefficient (Wildman–Crippen LogP) is -0.281. The number of rotatable bonds is 0. The van der Waals surface area contributed by atoms with E-state index < -0.39 is 6.09 Å². The molecule has 1 N–H and O–H groups in total. The number of carboxylic acid groups (broad SMARTS) is 1. The Labute approximate surface area is 55.1 Å². The molecule has 3 nitrogen and oxygen atoms in total. The molecule has 0 aromatic heterocycles. The van der Waals surface area contributed by atoms with Gasteiger partial charge in [-0.1, -0.05) is 0 Å². The van der Waals surface area contributed by atoms with Crippen molar-refractivity contribution in [2.75, 3.05) is 6.54 Å². The quantitative estimate of drug-likeness (QED) is 0.454. The molecular weight excluding hydrogens is 117 g/mol. The summed E-state index contributed by atoms with van der Waals surface area (Å²) in [5.41, 5.74) is 0. The molecule has 50 valence electrons. The molecule has 1 aliphatic heterocycles. The highest BCUT2D eigenvalue weighted by atomic mass is 16.4. The zero-order valence-corrected chi connectivity index (χ0v) is 5.50. The third-order valence-corrected chi connectivity index (χ3v) is 1.80. The third-order valence-electron chi connectivity index (χ3n) is 1.80. The molecule has 0 spiro atoms. The summed E-state index contributed by atoms with van der Waals surface area (Å²) < 4.78 is 0. The Morgan fingerprint density at radius 3 is 2.67 bits per heavy atom. The highest BCUT2D eigenvalue weighted by molar-refractivity contribution is 6.12. The number of nitrogens with zero attached hydrogens (tertiary/aromatic N) is 1. The van der Waals surface area contributed by atoms with Gasteiger partial charge in [-0.05, 0) is 12.8 Å². The molecular formula is C5H10BNO2. The second kappa shape index (κ2) is 2.29. The van der Waals surface area contributed by atoms with Gasteiger partial charge in [-0.2, -0.15) is 0 Å². The maximum absolute atomic E-state index is 10.3. The number of likely N-dealkylation sites (tertiary alicyclic amines) is 1. The van der Waals surface area contributed by atoms with Crippen molar-refractivity contribution < 1.29 is 9.90 Å². The van der Waals surface area contributed by atoms with Crippen LogP contribution in [-0.4, -0.2) is 36.4 Å². The molecule has 0 aromatic carbocycles. The van der Waals surface area contributed by atoms with Crippen molar-refractivity contribution in [3.8, 4) is 0 Å². The van der Waals surface area contributed by atoms with E-state index in [1.54, 1.807) is 0 Å². The van der Waals surface area contributed by atoms with Crippen molar-refractivity contribution in [3.05, 3.63) is 0 Å². The van der Waals surface area contributed by atoms with E-state index in [-0.39, 0.29) is 5.94 Å². The fourth-order valence-corrected chi connectivity index (χ4v) is 1.22. The van der Waals surface area contributed by atoms with Crippen LogP contribution in [0.1, 0.15) is 12.8 Å². The molecule has 1 atom stereocenters. The van der Waals surface area contributed by atoms with Crippen LogP contribution in [0.3, 0.4) is 0 Å². The Morgan fingerprint density at radius 1 is 1.78 bits per heavy atom. The van der Waals surface area contributed by atoms with Crippen molar-refractivity contribution in [1.29, 1.82) is 0 Å². The largest absolute Gasteiger partial charge is 0.465 e. The molecule has 9 heavy (non-hydrogen) atoms. The average molecular weight is 127 g/mol. The number of amides is 1. The summed E-state index contributed by atoms with van der Waals surface area (Å²) in [5.74, 6) is 0.238. The van der Waals surface area contributed by atoms with Crippen molar-refractivity contribution in [2.45, 2.75) is 18.8 Å². The first-order valence-electron chi connectivity index (χ1n) is 3.21. The standard InChI is InChI=1S/C5H10BNO2/c6-4-2-1-3-7(4)5(8)9/h4H,1-3,6H2,(H,8,9). The van der Waals surface area contributed by atoms with Gasteiger partial charge < -0.3 is 10.0 Å². The van der Waals surface area contributed by atoms with Crippen LogP contribution < -0.4 is 0 Å². The lowest BCUT2D eigenvalue weighted by atomic mass is 9.94. The molecule has 0 radical (unpaired) electrons. The van der Waals surface area contributed by atoms with E-state index >= 15 is 0 Å². The van der Waals surface area contributed by atoms with Crippen LogP contribution in [0.5, 0.6) is 0 Å². The first-order valence-corrected chi connectivity index (χ1v) is 3.21. The molecule has 1 fully saturated rings. The molecule has 0 aromatic rings. The Bertz CT molecular complexity index is 128. The minimum absolute atomic E-state index is 0.238. The van der Waals surface area contributed by atoms with Gasteiger partial charge in [-0.15, -0.1) is 0 Å². The summed E-state index contributed by atoms with van der Waals surface area (Å²) in [6.07, 6.45) is 1.26. The van der Waals surface area contributed by atoms with Crippen molar-refractivity contribution in [1.82, 2.24) is 4.90 Å². The Balaban J connectivity index is 2.49. The van der Waals surface area contributed by atoms with E-state index in [0.717, 1.165) is 19.4 Å². The lowest BCUT2D eigenvalue weighted by Gasteiger charge is -2.16. The number of hydrogen-bond acceptors (Lipinski definition) is 1. The fraction of sp³-hybridized carbons (Fsp3) is 0.800. The van der Waals surface area contributed by atoms with Crippen molar-refractivity contribution in [3.63, 3.8) is 0 Å². The molecule has 4 heteroatoms. The van der Waals surface area contributed by atoms with E-state index in [0.29, 0.717) is 0 Å². The highest BCUT2D eigenvalue weighted by Gasteiger charge is 2.23. The molecule has 1 aliphatic rings. The second-order valence-electron chi connectivity index (χ2n) is 2.47. The molecule has 1 rings (SSSR count). The average Bonchev–Trinajstić information content (AvgIpc) is 2.13. The Kier molecular flexibility index (Phi) is 1.64. The van der Waals surface area contributed by atoms with E-state index in [1.807, 2.05) is 7.85 Å². The van der Waals surface area contributed by atoms with Crippen LogP contribution in [0.4, 0.5) is 4.79 Å². The minimum atomic E-state index is -0.778. The third kappa shape index (κ3) is 1.17. The van der Waals surface area contributed by atoms with E-state index in [9.17, 15) is 4.79 Å². The summed E-state index contributed by atoms with van der Waals surface area (Å²) in [4.78, 5) is 11.8. The Hall–Kier alpha value is -0.665. The first kappa shape index (κ1) is 6.45. The summed E-state index contributed by atoms with van der Waals surface area (Å²) >= 11 is 0. The predicted molar refractivity (Wildman–Crippen MR) is 36.3 cm³/mol. The summed E-state index contributed by atoms with van der Waals surface area (Å²) in [6, 6.07) is 0. The van der Waals surface area contributed by atoms with Gasteiger partial charge in [-0.3, -0.25) is 0 Å². The maximum Gasteiger partial charge on any atom is 0.406 e. The zero-order chi connectivity index (χ0) is 6.85. The molecule has 0 bridgehead atoms. The zero-order valence-electron chi connectivity index (χ0n) is 5.50. The number of carbonyl (C=O) groups is 1. The van der Waals surface area contributed by atoms with Crippen LogP contribution >= 0.6 is 0 Å². The SMILES string of the molecule is BC1CCCN1C(=O)O. The van der Waals surface area contributed by atoms with Gasteiger partial charge in [0.15, 0.2) is 0 Å². The van der Waals surface area contributed by atoms with E-state index in [4.69, 9.17) is 5.11 Å². The monoisotopic (exact) mass is 127 g/mol. The smallest absolute Gasteiger partial charge is 0.406 e. The topological polar surface area (TPSA) is 40.5 Å². The van der Waals surface area contributed by atoms with Gasteiger partial charge in [0.25, 0.3) is 0 Å². The van der Waals surface area contributed by atoms with Crippen LogP contribution in [-0.2, 0) is 0 Å². The van der Waals surface area contributed by atoms with Crippen LogP contribution in [0.25, 0.3) is 0 Å². The maximum atomic E-state index is 10.3. The lowest BCUT2D eigenvalue weighted by molar-refractivity contribution is 0.151. The second-order valence-corrected chi connectivity index (χ2v) is 2.47. The van der Waals surface area contributed by atoms with Gasteiger partial charge in [0.2, 0.25) is 0 Å².